The van der Waals surface area contributed by atoms with Crippen LogP contribution in [0.3, 0.4) is 0 Å². The van der Waals surface area contributed by atoms with Crippen molar-refractivity contribution in [2.75, 3.05) is 18.0 Å². The molecule has 1 aliphatic heterocycles. The van der Waals surface area contributed by atoms with Crippen molar-refractivity contribution in [3.63, 3.8) is 0 Å². The predicted molar refractivity (Wildman–Crippen MR) is 75.5 cm³/mol. The van der Waals surface area contributed by atoms with E-state index in [1.54, 1.807) is 6.07 Å². The Morgan fingerprint density at radius 3 is 2.85 bits per heavy atom. The average Bonchev–Trinajstić information content (AvgIpc) is 3.07. The van der Waals surface area contributed by atoms with E-state index in [4.69, 9.17) is 5.73 Å². The Labute approximate surface area is 117 Å². The van der Waals surface area contributed by atoms with Gasteiger partial charge >= 0.3 is 0 Å². The highest BCUT2D eigenvalue weighted by atomic mass is 16.1. The highest BCUT2D eigenvalue weighted by molar-refractivity contribution is 5.92. The molecule has 1 aliphatic rings. The van der Waals surface area contributed by atoms with E-state index in [-0.39, 0.29) is 0 Å². The summed E-state index contributed by atoms with van der Waals surface area (Å²) >= 11 is 0. The number of hydrogen-bond acceptors (Lipinski definition) is 4. The fourth-order valence-electron chi connectivity index (χ4n) is 2.67. The molecule has 3 heterocycles. The summed E-state index contributed by atoms with van der Waals surface area (Å²) in [6.45, 7) is 1.84. The fraction of sp³-hybridized carbons (Fsp3) is 0.357. The summed E-state index contributed by atoms with van der Waals surface area (Å²) in [6.07, 6.45) is 6.39. The normalized spacial score (nSPS) is 18.4. The van der Waals surface area contributed by atoms with Crippen LogP contribution in [0.15, 0.2) is 30.7 Å². The van der Waals surface area contributed by atoms with Crippen LogP contribution in [0, 0.1) is 0 Å². The number of primary amides is 1. The second-order valence-corrected chi connectivity index (χ2v) is 5.10. The van der Waals surface area contributed by atoms with Gasteiger partial charge in [0.15, 0.2) is 0 Å². The van der Waals surface area contributed by atoms with E-state index in [9.17, 15) is 4.79 Å². The lowest BCUT2D eigenvalue weighted by Crippen LogP contribution is -2.21. The van der Waals surface area contributed by atoms with Crippen LogP contribution in [0.2, 0.25) is 0 Å². The van der Waals surface area contributed by atoms with Crippen LogP contribution in [-0.4, -0.2) is 33.5 Å². The number of aryl methyl sites for hydroxylation is 1. The molecule has 2 N–H and O–H groups in total. The monoisotopic (exact) mass is 271 g/mol. The summed E-state index contributed by atoms with van der Waals surface area (Å²) in [5.41, 5.74) is 5.66. The molecule has 2 aromatic rings. The molecule has 6 nitrogen and oxygen atoms in total. The third kappa shape index (κ3) is 2.24. The number of amides is 1. The first-order valence-corrected chi connectivity index (χ1v) is 6.63. The molecule has 104 valence electrons. The molecule has 1 unspecified atom stereocenters. The maximum atomic E-state index is 11.0. The van der Waals surface area contributed by atoms with Crippen molar-refractivity contribution in [3.8, 4) is 0 Å². The number of imidazole rings is 1. The first kappa shape index (κ1) is 12.7. The van der Waals surface area contributed by atoms with Crippen molar-refractivity contribution < 1.29 is 4.79 Å². The van der Waals surface area contributed by atoms with Gasteiger partial charge in [0, 0.05) is 44.6 Å². The van der Waals surface area contributed by atoms with Gasteiger partial charge in [0.25, 0.3) is 0 Å². The number of nitrogens with zero attached hydrogens (tertiary/aromatic N) is 4. The van der Waals surface area contributed by atoms with Gasteiger partial charge in [-0.2, -0.15) is 0 Å². The number of aromatic nitrogens is 3. The third-order valence-corrected chi connectivity index (χ3v) is 3.77. The maximum absolute atomic E-state index is 11.0. The minimum Gasteiger partial charge on any atom is -0.366 e. The second-order valence-electron chi connectivity index (χ2n) is 5.10. The SMILES string of the molecule is Cn1ccnc1C1CCN(c2ccc(C(N)=O)cn2)C1. The minimum absolute atomic E-state index is 0.424. The molecular formula is C14H17N5O. The van der Waals surface area contributed by atoms with Crippen LogP contribution in [0.5, 0.6) is 0 Å². The highest BCUT2D eigenvalue weighted by Gasteiger charge is 2.27. The predicted octanol–water partition coefficient (Wildman–Crippen LogP) is 0.908. The molecule has 20 heavy (non-hydrogen) atoms. The largest absolute Gasteiger partial charge is 0.366 e. The third-order valence-electron chi connectivity index (χ3n) is 3.77. The molecule has 0 bridgehead atoms. The summed E-state index contributed by atoms with van der Waals surface area (Å²) in [4.78, 5) is 22.0. The van der Waals surface area contributed by atoms with Gasteiger partial charge in [0.1, 0.15) is 11.6 Å². The maximum Gasteiger partial charge on any atom is 0.250 e. The van der Waals surface area contributed by atoms with Gasteiger partial charge in [0.2, 0.25) is 5.91 Å². The zero-order valence-electron chi connectivity index (χ0n) is 11.4. The molecule has 0 radical (unpaired) electrons. The van der Waals surface area contributed by atoms with E-state index in [1.807, 2.05) is 25.5 Å². The summed E-state index contributed by atoms with van der Waals surface area (Å²) < 4.78 is 2.07. The molecule has 0 aliphatic carbocycles. The molecule has 1 fully saturated rings. The van der Waals surface area contributed by atoms with Crippen molar-refractivity contribution in [2.24, 2.45) is 12.8 Å². The zero-order valence-corrected chi connectivity index (χ0v) is 11.4. The van der Waals surface area contributed by atoms with Crippen molar-refractivity contribution in [2.45, 2.75) is 12.3 Å². The molecule has 1 atom stereocenters. The smallest absolute Gasteiger partial charge is 0.250 e. The molecule has 3 rings (SSSR count). The first-order valence-electron chi connectivity index (χ1n) is 6.63. The lowest BCUT2D eigenvalue weighted by molar-refractivity contribution is 0.1000. The molecular weight excluding hydrogens is 254 g/mol. The van der Waals surface area contributed by atoms with E-state index in [0.29, 0.717) is 11.5 Å². The second kappa shape index (κ2) is 4.96. The molecule has 6 heteroatoms. The van der Waals surface area contributed by atoms with E-state index in [1.165, 1.54) is 6.20 Å². The number of pyridine rings is 1. The lowest BCUT2D eigenvalue weighted by atomic mass is 10.1. The number of carbonyl (C=O) groups is 1. The molecule has 0 spiro atoms. The summed E-state index contributed by atoms with van der Waals surface area (Å²) in [5, 5.41) is 0. The number of rotatable bonds is 3. The Balaban J connectivity index is 1.74. The number of nitrogens with two attached hydrogens (primary N) is 1. The van der Waals surface area contributed by atoms with Crippen LogP contribution in [-0.2, 0) is 7.05 Å². The van der Waals surface area contributed by atoms with Gasteiger partial charge in [-0.25, -0.2) is 9.97 Å². The Morgan fingerprint density at radius 2 is 2.25 bits per heavy atom. The van der Waals surface area contributed by atoms with E-state index < -0.39 is 5.91 Å². The van der Waals surface area contributed by atoms with Crippen molar-refractivity contribution in [1.29, 1.82) is 0 Å². The van der Waals surface area contributed by atoms with Gasteiger partial charge in [-0.3, -0.25) is 4.79 Å². The topological polar surface area (TPSA) is 77.0 Å². The highest BCUT2D eigenvalue weighted by Crippen LogP contribution is 2.28. The molecule has 0 saturated carbocycles. The number of carbonyl (C=O) groups excluding carboxylic acids is 1. The van der Waals surface area contributed by atoms with E-state index >= 15 is 0 Å². The van der Waals surface area contributed by atoms with Crippen LogP contribution in [0.4, 0.5) is 5.82 Å². The van der Waals surface area contributed by atoms with Gasteiger partial charge in [-0.1, -0.05) is 0 Å². The van der Waals surface area contributed by atoms with Crippen molar-refractivity contribution in [3.05, 3.63) is 42.1 Å². The van der Waals surface area contributed by atoms with E-state index in [2.05, 4.69) is 19.4 Å². The fourth-order valence-corrected chi connectivity index (χ4v) is 2.67. The molecule has 1 amide bonds. The van der Waals surface area contributed by atoms with Gasteiger partial charge in [-0.15, -0.1) is 0 Å². The van der Waals surface area contributed by atoms with Crippen LogP contribution in [0.1, 0.15) is 28.5 Å². The average molecular weight is 271 g/mol. The van der Waals surface area contributed by atoms with Gasteiger partial charge in [-0.05, 0) is 18.6 Å². The Bertz CT molecular complexity index is 619. The van der Waals surface area contributed by atoms with E-state index in [0.717, 1.165) is 31.2 Å². The van der Waals surface area contributed by atoms with Crippen LogP contribution in [0.25, 0.3) is 0 Å². The van der Waals surface area contributed by atoms with Gasteiger partial charge in [0.05, 0.1) is 5.56 Å². The zero-order chi connectivity index (χ0) is 14.1. The quantitative estimate of drug-likeness (QED) is 0.900. The summed E-state index contributed by atoms with van der Waals surface area (Å²) in [5.74, 6) is 1.97. The Morgan fingerprint density at radius 1 is 1.40 bits per heavy atom. The van der Waals surface area contributed by atoms with Crippen LogP contribution < -0.4 is 10.6 Å². The lowest BCUT2D eigenvalue weighted by Gasteiger charge is -2.17. The Kier molecular flexibility index (Phi) is 3.14. The Hall–Kier alpha value is -2.37. The van der Waals surface area contributed by atoms with Gasteiger partial charge < -0.3 is 15.2 Å². The summed E-state index contributed by atoms with van der Waals surface area (Å²) in [6, 6.07) is 3.57. The first-order chi connectivity index (χ1) is 9.65. The molecule has 2 aromatic heterocycles. The number of anilines is 1. The number of hydrogen-bond donors (Lipinski definition) is 1. The standard InChI is InChI=1S/C14H17N5O/c1-18-7-5-16-14(18)11-4-6-19(9-11)12-3-2-10(8-17-12)13(15)20/h2-3,5,7-8,11H,4,6,9H2,1H3,(H2,15,20). The molecule has 0 aromatic carbocycles. The summed E-state index contributed by atoms with van der Waals surface area (Å²) in [7, 11) is 2.02. The van der Waals surface area contributed by atoms with Crippen molar-refractivity contribution >= 4 is 11.7 Å². The molecule has 1 saturated heterocycles. The van der Waals surface area contributed by atoms with Crippen LogP contribution >= 0.6 is 0 Å². The minimum atomic E-state index is -0.448. The van der Waals surface area contributed by atoms with Crippen molar-refractivity contribution in [1.82, 2.24) is 14.5 Å².